The standard InChI is InChI=1S/C14H22N2O/c1-11-4-2-5-12(8-11)9-13(16-15)10-14-6-3-7-17-14/h2,4-5,8,13-14,16H,3,6-7,9-10,15H2,1H3. The third-order valence-electron chi connectivity index (χ3n) is 3.37. The first-order chi connectivity index (χ1) is 8.28. The van der Waals surface area contributed by atoms with Gasteiger partial charge in [0.2, 0.25) is 0 Å². The van der Waals surface area contributed by atoms with Gasteiger partial charge in [0, 0.05) is 12.6 Å². The fraction of sp³-hybridized carbons (Fsp3) is 0.571. The van der Waals surface area contributed by atoms with Crippen LogP contribution >= 0.6 is 0 Å². The van der Waals surface area contributed by atoms with E-state index in [1.165, 1.54) is 24.0 Å². The second kappa shape index (κ2) is 6.15. The number of nitrogens with two attached hydrogens (primary N) is 1. The molecule has 0 spiro atoms. The molecule has 0 amide bonds. The number of hydrazine groups is 1. The van der Waals surface area contributed by atoms with Crippen molar-refractivity contribution in [2.45, 2.75) is 44.8 Å². The summed E-state index contributed by atoms with van der Waals surface area (Å²) >= 11 is 0. The van der Waals surface area contributed by atoms with E-state index in [-0.39, 0.29) is 0 Å². The zero-order valence-corrected chi connectivity index (χ0v) is 10.5. The van der Waals surface area contributed by atoms with Crippen LogP contribution in [0.25, 0.3) is 0 Å². The van der Waals surface area contributed by atoms with Gasteiger partial charge in [0.05, 0.1) is 6.10 Å². The van der Waals surface area contributed by atoms with Crippen molar-refractivity contribution in [3.63, 3.8) is 0 Å². The fourth-order valence-electron chi connectivity index (χ4n) is 2.48. The van der Waals surface area contributed by atoms with Gasteiger partial charge >= 0.3 is 0 Å². The molecule has 1 saturated heterocycles. The van der Waals surface area contributed by atoms with E-state index < -0.39 is 0 Å². The molecule has 1 heterocycles. The SMILES string of the molecule is Cc1cccc(CC(CC2CCCO2)NN)c1. The minimum atomic E-state index is 0.305. The van der Waals surface area contributed by atoms with Gasteiger partial charge in [0.1, 0.15) is 0 Å². The molecule has 3 N–H and O–H groups in total. The summed E-state index contributed by atoms with van der Waals surface area (Å²) in [5.41, 5.74) is 5.56. The molecule has 1 aromatic carbocycles. The van der Waals surface area contributed by atoms with E-state index in [0.29, 0.717) is 12.1 Å². The second-order valence-electron chi connectivity index (χ2n) is 4.93. The topological polar surface area (TPSA) is 47.3 Å². The zero-order chi connectivity index (χ0) is 12.1. The lowest BCUT2D eigenvalue weighted by atomic mass is 9.99. The lowest BCUT2D eigenvalue weighted by molar-refractivity contribution is 0.0946. The van der Waals surface area contributed by atoms with Crippen molar-refractivity contribution in [3.8, 4) is 0 Å². The van der Waals surface area contributed by atoms with E-state index in [9.17, 15) is 0 Å². The van der Waals surface area contributed by atoms with Crippen LogP contribution in [0.5, 0.6) is 0 Å². The number of aryl methyl sites for hydroxylation is 1. The van der Waals surface area contributed by atoms with Gasteiger partial charge in [-0.25, -0.2) is 0 Å². The number of hydrogen-bond acceptors (Lipinski definition) is 3. The normalized spacial score (nSPS) is 21.6. The van der Waals surface area contributed by atoms with Crippen LogP contribution in [0.1, 0.15) is 30.4 Å². The summed E-state index contributed by atoms with van der Waals surface area (Å²) in [5.74, 6) is 5.63. The van der Waals surface area contributed by atoms with E-state index in [1.54, 1.807) is 0 Å². The Labute approximate surface area is 103 Å². The lowest BCUT2D eigenvalue weighted by Crippen LogP contribution is -2.39. The zero-order valence-electron chi connectivity index (χ0n) is 10.5. The van der Waals surface area contributed by atoms with E-state index in [1.807, 2.05) is 0 Å². The molecule has 3 heteroatoms. The van der Waals surface area contributed by atoms with E-state index in [4.69, 9.17) is 10.6 Å². The monoisotopic (exact) mass is 234 g/mol. The first kappa shape index (κ1) is 12.6. The van der Waals surface area contributed by atoms with Crippen LogP contribution in [0, 0.1) is 6.92 Å². The molecule has 0 radical (unpaired) electrons. The van der Waals surface area contributed by atoms with Crippen LogP contribution in [0.2, 0.25) is 0 Å². The van der Waals surface area contributed by atoms with Gasteiger partial charge in [0.15, 0.2) is 0 Å². The largest absolute Gasteiger partial charge is 0.378 e. The molecular weight excluding hydrogens is 212 g/mol. The summed E-state index contributed by atoms with van der Waals surface area (Å²) in [6.45, 7) is 3.03. The second-order valence-corrected chi connectivity index (χ2v) is 4.93. The van der Waals surface area contributed by atoms with Crippen molar-refractivity contribution in [1.82, 2.24) is 5.43 Å². The predicted octanol–water partition coefficient (Wildman–Crippen LogP) is 1.94. The van der Waals surface area contributed by atoms with Crippen LogP contribution in [0.3, 0.4) is 0 Å². The first-order valence-corrected chi connectivity index (χ1v) is 6.41. The molecule has 0 aliphatic carbocycles. The first-order valence-electron chi connectivity index (χ1n) is 6.41. The minimum Gasteiger partial charge on any atom is -0.378 e. The molecule has 17 heavy (non-hydrogen) atoms. The number of hydrogen-bond donors (Lipinski definition) is 2. The van der Waals surface area contributed by atoms with Gasteiger partial charge in [-0.1, -0.05) is 29.8 Å². The van der Waals surface area contributed by atoms with Crippen LogP contribution in [0.4, 0.5) is 0 Å². The van der Waals surface area contributed by atoms with Crippen molar-refractivity contribution in [3.05, 3.63) is 35.4 Å². The van der Waals surface area contributed by atoms with Crippen LogP contribution in [0.15, 0.2) is 24.3 Å². The molecule has 1 aromatic rings. The van der Waals surface area contributed by atoms with Gasteiger partial charge in [0.25, 0.3) is 0 Å². The molecule has 1 fully saturated rings. The molecule has 2 atom stereocenters. The highest BCUT2D eigenvalue weighted by Gasteiger charge is 2.20. The van der Waals surface area contributed by atoms with Gasteiger partial charge in [-0.15, -0.1) is 0 Å². The Hall–Kier alpha value is -0.900. The Morgan fingerprint density at radius 2 is 2.41 bits per heavy atom. The summed E-state index contributed by atoms with van der Waals surface area (Å²) in [7, 11) is 0. The molecule has 1 aliphatic rings. The van der Waals surface area contributed by atoms with Crippen LogP contribution in [-0.2, 0) is 11.2 Å². The number of rotatable bonds is 5. The Bertz CT molecular complexity index is 348. The van der Waals surface area contributed by atoms with E-state index in [2.05, 4.69) is 36.6 Å². The smallest absolute Gasteiger partial charge is 0.0591 e. The molecule has 94 valence electrons. The number of ether oxygens (including phenoxy) is 1. The third kappa shape index (κ3) is 3.80. The molecule has 0 bridgehead atoms. The maximum absolute atomic E-state index is 5.65. The van der Waals surface area contributed by atoms with Crippen LogP contribution in [-0.4, -0.2) is 18.8 Å². The van der Waals surface area contributed by atoms with Crippen LogP contribution < -0.4 is 11.3 Å². The molecule has 2 unspecified atom stereocenters. The molecule has 3 nitrogen and oxygen atoms in total. The third-order valence-corrected chi connectivity index (χ3v) is 3.37. The molecular formula is C14H22N2O. The number of nitrogens with one attached hydrogen (secondary N) is 1. The average molecular weight is 234 g/mol. The van der Waals surface area contributed by atoms with Crippen molar-refractivity contribution < 1.29 is 4.74 Å². The quantitative estimate of drug-likeness (QED) is 0.604. The highest BCUT2D eigenvalue weighted by atomic mass is 16.5. The summed E-state index contributed by atoms with van der Waals surface area (Å²) in [4.78, 5) is 0. The highest BCUT2D eigenvalue weighted by Crippen LogP contribution is 2.18. The highest BCUT2D eigenvalue weighted by molar-refractivity contribution is 5.23. The summed E-state index contributed by atoms with van der Waals surface area (Å²) in [6, 6.07) is 8.91. The van der Waals surface area contributed by atoms with Gasteiger partial charge in [-0.05, 0) is 38.2 Å². The Balaban J connectivity index is 1.90. The Kier molecular flexibility index (Phi) is 4.54. The fourth-order valence-corrected chi connectivity index (χ4v) is 2.48. The summed E-state index contributed by atoms with van der Waals surface area (Å²) < 4.78 is 5.65. The van der Waals surface area contributed by atoms with Crippen molar-refractivity contribution in [1.29, 1.82) is 0 Å². The van der Waals surface area contributed by atoms with Crippen molar-refractivity contribution in [2.75, 3.05) is 6.61 Å². The maximum atomic E-state index is 5.65. The minimum absolute atomic E-state index is 0.305. The maximum Gasteiger partial charge on any atom is 0.0591 e. The lowest BCUT2D eigenvalue weighted by Gasteiger charge is -2.19. The van der Waals surface area contributed by atoms with Gasteiger partial charge in [-0.3, -0.25) is 11.3 Å². The van der Waals surface area contributed by atoms with Crippen molar-refractivity contribution in [2.24, 2.45) is 5.84 Å². The Morgan fingerprint density at radius 1 is 1.53 bits per heavy atom. The molecule has 0 saturated carbocycles. The van der Waals surface area contributed by atoms with Gasteiger partial charge in [-0.2, -0.15) is 0 Å². The summed E-state index contributed by atoms with van der Waals surface area (Å²) in [5, 5.41) is 0. The van der Waals surface area contributed by atoms with Crippen molar-refractivity contribution >= 4 is 0 Å². The predicted molar refractivity (Wildman–Crippen MR) is 69.6 cm³/mol. The van der Waals surface area contributed by atoms with E-state index >= 15 is 0 Å². The molecule has 2 rings (SSSR count). The summed E-state index contributed by atoms with van der Waals surface area (Å²) in [6.07, 6.45) is 4.72. The Morgan fingerprint density at radius 3 is 3.06 bits per heavy atom. The average Bonchev–Trinajstić information content (AvgIpc) is 2.81. The molecule has 1 aliphatic heterocycles. The van der Waals surface area contributed by atoms with E-state index in [0.717, 1.165) is 19.4 Å². The molecule has 0 aromatic heterocycles. The van der Waals surface area contributed by atoms with Gasteiger partial charge < -0.3 is 4.74 Å². The number of benzene rings is 1.